The van der Waals surface area contributed by atoms with Crippen LogP contribution in [0.4, 0.5) is 14.9 Å². The molecule has 1 fully saturated rings. The number of rotatable bonds is 3. The van der Waals surface area contributed by atoms with Gasteiger partial charge < -0.3 is 10.2 Å². The van der Waals surface area contributed by atoms with Gasteiger partial charge in [0.05, 0.1) is 0 Å². The molecule has 1 unspecified atom stereocenters. The third-order valence-electron chi connectivity index (χ3n) is 5.20. The average Bonchev–Trinajstić information content (AvgIpc) is 3.28. The summed E-state index contributed by atoms with van der Waals surface area (Å²) in [5.41, 5.74) is 2.48. The number of nitrogens with zero attached hydrogens (tertiary/aromatic N) is 4. The fourth-order valence-electron chi connectivity index (χ4n) is 3.46. The molecular formula is C21H24FN5O. The maximum absolute atomic E-state index is 14.5. The van der Waals surface area contributed by atoms with Gasteiger partial charge >= 0.3 is 6.03 Å². The molecule has 0 saturated carbocycles. The quantitative estimate of drug-likeness (QED) is 0.724. The first-order valence-corrected chi connectivity index (χ1v) is 9.62. The van der Waals surface area contributed by atoms with Crippen LogP contribution in [-0.2, 0) is 0 Å². The number of urea groups is 1. The minimum absolute atomic E-state index is 0.157. The van der Waals surface area contributed by atoms with Crippen LogP contribution in [0.3, 0.4) is 0 Å². The van der Waals surface area contributed by atoms with Crippen LogP contribution in [-0.4, -0.2) is 38.8 Å². The van der Waals surface area contributed by atoms with Crippen LogP contribution in [0.25, 0.3) is 16.7 Å². The van der Waals surface area contributed by atoms with Gasteiger partial charge in [0.25, 0.3) is 0 Å². The van der Waals surface area contributed by atoms with Crippen molar-refractivity contribution in [2.24, 2.45) is 5.92 Å². The van der Waals surface area contributed by atoms with Crippen molar-refractivity contribution in [3.05, 3.63) is 48.0 Å². The SMILES string of the molecule is CC1CCN(C(=O)Nc2ccc(F)c(-n3cc4cc(C(C)C)cnc4n3)c2)C1. The van der Waals surface area contributed by atoms with Gasteiger partial charge in [-0.2, -0.15) is 0 Å². The van der Waals surface area contributed by atoms with Crippen molar-refractivity contribution >= 4 is 22.8 Å². The molecule has 0 aliphatic carbocycles. The highest BCUT2D eigenvalue weighted by atomic mass is 19.1. The van der Waals surface area contributed by atoms with Crippen LogP contribution >= 0.6 is 0 Å². The molecule has 7 heteroatoms. The predicted molar refractivity (Wildman–Crippen MR) is 107 cm³/mol. The van der Waals surface area contributed by atoms with Crippen molar-refractivity contribution in [1.29, 1.82) is 0 Å². The van der Waals surface area contributed by atoms with Crippen molar-refractivity contribution in [1.82, 2.24) is 19.7 Å². The first kappa shape index (κ1) is 18.4. The molecule has 0 radical (unpaired) electrons. The van der Waals surface area contributed by atoms with Gasteiger partial charge in [0, 0.05) is 36.6 Å². The first-order valence-electron chi connectivity index (χ1n) is 9.62. The van der Waals surface area contributed by atoms with Crippen LogP contribution in [0.1, 0.15) is 38.7 Å². The maximum Gasteiger partial charge on any atom is 0.321 e. The summed E-state index contributed by atoms with van der Waals surface area (Å²) in [4.78, 5) is 18.6. The van der Waals surface area contributed by atoms with E-state index in [0.29, 0.717) is 23.2 Å². The molecule has 0 bridgehead atoms. The Kier molecular flexibility index (Phi) is 4.75. The van der Waals surface area contributed by atoms with Gasteiger partial charge in [-0.1, -0.05) is 20.8 Å². The summed E-state index contributed by atoms with van der Waals surface area (Å²) in [5, 5.41) is 8.11. The number of fused-ring (bicyclic) bond motifs is 1. The zero-order chi connectivity index (χ0) is 19.8. The molecule has 3 aromatic rings. The lowest BCUT2D eigenvalue weighted by atomic mass is 10.1. The van der Waals surface area contributed by atoms with Crippen molar-refractivity contribution in [3.63, 3.8) is 0 Å². The Labute approximate surface area is 163 Å². The number of carbonyl (C=O) groups is 1. The lowest BCUT2D eigenvalue weighted by Crippen LogP contribution is -2.32. The van der Waals surface area contributed by atoms with Crippen molar-refractivity contribution in [2.75, 3.05) is 18.4 Å². The van der Waals surface area contributed by atoms with E-state index in [1.54, 1.807) is 29.4 Å². The number of benzene rings is 1. The van der Waals surface area contributed by atoms with E-state index in [4.69, 9.17) is 0 Å². The molecular weight excluding hydrogens is 357 g/mol. The molecule has 1 aromatic carbocycles. The van der Waals surface area contributed by atoms with E-state index >= 15 is 0 Å². The minimum Gasteiger partial charge on any atom is -0.324 e. The topological polar surface area (TPSA) is 63.1 Å². The Morgan fingerprint density at radius 2 is 2.14 bits per heavy atom. The van der Waals surface area contributed by atoms with Crippen molar-refractivity contribution < 1.29 is 9.18 Å². The van der Waals surface area contributed by atoms with Crippen LogP contribution in [0.2, 0.25) is 0 Å². The zero-order valence-electron chi connectivity index (χ0n) is 16.3. The number of amides is 2. The van der Waals surface area contributed by atoms with Crippen LogP contribution < -0.4 is 5.32 Å². The summed E-state index contributed by atoms with van der Waals surface area (Å²) >= 11 is 0. The Morgan fingerprint density at radius 1 is 1.32 bits per heavy atom. The molecule has 1 aliphatic rings. The number of hydrogen-bond acceptors (Lipinski definition) is 3. The molecule has 1 aliphatic heterocycles. The largest absolute Gasteiger partial charge is 0.324 e. The molecule has 0 spiro atoms. The number of pyridine rings is 1. The van der Waals surface area contributed by atoms with Gasteiger partial charge in [-0.05, 0) is 48.1 Å². The number of halogens is 1. The molecule has 1 saturated heterocycles. The molecule has 2 amide bonds. The van der Waals surface area contributed by atoms with E-state index in [0.717, 1.165) is 30.5 Å². The van der Waals surface area contributed by atoms with Crippen LogP contribution in [0.15, 0.2) is 36.7 Å². The van der Waals surface area contributed by atoms with Gasteiger partial charge in [-0.25, -0.2) is 18.9 Å². The number of likely N-dealkylation sites (tertiary alicyclic amines) is 1. The third-order valence-corrected chi connectivity index (χ3v) is 5.20. The first-order chi connectivity index (χ1) is 13.4. The molecule has 6 nitrogen and oxygen atoms in total. The smallest absolute Gasteiger partial charge is 0.321 e. The second-order valence-corrected chi connectivity index (χ2v) is 7.85. The Bertz CT molecular complexity index is 1030. The van der Waals surface area contributed by atoms with Gasteiger partial charge in [-0.3, -0.25) is 0 Å². The highest BCUT2D eigenvalue weighted by molar-refractivity contribution is 5.89. The van der Waals surface area contributed by atoms with Crippen molar-refractivity contribution in [2.45, 2.75) is 33.1 Å². The number of hydrogen-bond donors (Lipinski definition) is 1. The van der Waals surface area contributed by atoms with Gasteiger partial charge in [-0.15, -0.1) is 5.10 Å². The fourth-order valence-corrected chi connectivity index (χ4v) is 3.46. The Hall–Kier alpha value is -2.96. The highest BCUT2D eigenvalue weighted by Gasteiger charge is 2.23. The second kappa shape index (κ2) is 7.22. The molecule has 4 rings (SSSR count). The predicted octanol–water partition coefficient (Wildman–Crippen LogP) is 4.56. The van der Waals surface area contributed by atoms with Gasteiger partial charge in [0.1, 0.15) is 11.5 Å². The summed E-state index contributed by atoms with van der Waals surface area (Å²) < 4.78 is 16.0. The van der Waals surface area contributed by atoms with E-state index in [1.165, 1.54) is 10.7 Å². The lowest BCUT2D eigenvalue weighted by Gasteiger charge is -2.17. The Balaban J connectivity index is 1.62. The molecule has 1 atom stereocenters. The lowest BCUT2D eigenvalue weighted by molar-refractivity contribution is 0.221. The Morgan fingerprint density at radius 3 is 2.86 bits per heavy atom. The van der Waals surface area contributed by atoms with E-state index in [2.05, 4.69) is 36.2 Å². The van der Waals surface area contributed by atoms with E-state index in [1.807, 2.05) is 6.07 Å². The third kappa shape index (κ3) is 3.56. The maximum atomic E-state index is 14.5. The summed E-state index contributed by atoms with van der Waals surface area (Å²) in [5.74, 6) is 0.447. The number of carbonyl (C=O) groups excluding carboxylic acids is 1. The molecule has 28 heavy (non-hydrogen) atoms. The summed E-state index contributed by atoms with van der Waals surface area (Å²) in [6.45, 7) is 7.81. The zero-order valence-corrected chi connectivity index (χ0v) is 16.3. The standard InChI is InChI=1S/C21H24FN5O/c1-13(2)15-8-16-12-27(25-20(16)23-10-15)19-9-17(4-5-18(19)22)24-21(28)26-7-6-14(3)11-26/h4-5,8-10,12-14H,6-7,11H2,1-3H3,(H,24,28). The van der Waals surface area contributed by atoms with Crippen molar-refractivity contribution in [3.8, 4) is 5.69 Å². The monoisotopic (exact) mass is 381 g/mol. The summed E-state index contributed by atoms with van der Waals surface area (Å²) in [6, 6.07) is 6.37. The molecule has 3 heterocycles. The van der Waals surface area contributed by atoms with Gasteiger partial charge in [0.2, 0.25) is 0 Å². The van der Waals surface area contributed by atoms with Crippen LogP contribution in [0.5, 0.6) is 0 Å². The fraction of sp³-hybridized carbons (Fsp3) is 0.381. The summed E-state index contributed by atoms with van der Waals surface area (Å²) in [6.07, 6.45) is 4.57. The van der Waals surface area contributed by atoms with E-state index in [9.17, 15) is 9.18 Å². The number of nitrogens with one attached hydrogen (secondary N) is 1. The highest BCUT2D eigenvalue weighted by Crippen LogP contribution is 2.24. The second-order valence-electron chi connectivity index (χ2n) is 7.85. The average molecular weight is 381 g/mol. The van der Waals surface area contributed by atoms with Gasteiger partial charge in [0.15, 0.2) is 5.65 Å². The van der Waals surface area contributed by atoms with E-state index in [-0.39, 0.29) is 11.7 Å². The normalized spacial score (nSPS) is 16.9. The van der Waals surface area contributed by atoms with E-state index < -0.39 is 5.82 Å². The number of aromatic nitrogens is 3. The molecule has 2 aromatic heterocycles. The summed E-state index contributed by atoms with van der Waals surface area (Å²) in [7, 11) is 0. The molecule has 1 N–H and O–H groups in total. The van der Waals surface area contributed by atoms with Crippen LogP contribution in [0, 0.1) is 11.7 Å². The molecule has 146 valence electrons. The number of anilines is 1. The minimum atomic E-state index is -0.412.